The molecule has 0 nitrogen and oxygen atoms in total. The van der Waals surface area contributed by atoms with Gasteiger partial charge in [-0.3, -0.25) is 0 Å². The lowest BCUT2D eigenvalue weighted by Crippen LogP contribution is -2.35. The molecule has 68 valence electrons. The Morgan fingerprint density at radius 1 is 1.00 bits per heavy atom. The summed E-state index contributed by atoms with van der Waals surface area (Å²) >= 11 is 6.42. The quantitative estimate of drug-likeness (QED) is 0.572. The minimum absolute atomic E-state index is 0.0475. The average molecular weight is 177 g/mol. The molecular formula is C10H21Cl. The normalized spacial score (nSPS) is 20.5. The Bertz CT molecular complexity index is 114. The zero-order valence-corrected chi connectivity index (χ0v) is 9.37. The van der Waals surface area contributed by atoms with Crippen LogP contribution in [0.2, 0.25) is 0 Å². The highest BCUT2D eigenvalue weighted by atomic mass is 35.5. The van der Waals surface area contributed by atoms with Gasteiger partial charge in [-0.2, -0.15) is 0 Å². The van der Waals surface area contributed by atoms with Gasteiger partial charge in [-0.1, -0.05) is 34.6 Å². The van der Waals surface area contributed by atoms with E-state index in [4.69, 9.17) is 11.6 Å². The fraction of sp³-hybridized carbons (Fsp3) is 1.00. The molecule has 2 unspecified atom stereocenters. The molecule has 2 atom stereocenters. The van der Waals surface area contributed by atoms with Crippen LogP contribution in [0.25, 0.3) is 0 Å². The number of hydrogen-bond donors (Lipinski definition) is 0. The summed E-state index contributed by atoms with van der Waals surface area (Å²) in [6, 6.07) is 0. The lowest BCUT2D eigenvalue weighted by atomic mass is 9.79. The standard InChI is InChI=1S/C10H21Cl/c1-7(2)9(5)10(6,11)8(3)4/h7-9H,1-6H3. The maximum absolute atomic E-state index is 6.42. The lowest BCUT2D eigenvalue weighted by molar-refractivity contribution is 0.263. The van der Waals surface area contributed by atoms with Gasteiger partial charge in [0.2, 0.25) is 0 Å². The molecular weight excluding hydrogens is 156 g/mol. The zero-order valence-electron chi connectivity index (χ0n) is 8.61. The molecule has 0 saturated carbocycles. The van der Waals surface area contributed by atoms with E-state index >= 15 is 0 Å². The Morgan fingerprint density at radius 2 is 1.36 bits per heavy atom. The van der Waals surface area contributed by atoms with E-state index in [-0.39, 0.29) is 4.87 Å². The van der Waals surface area contributed by atoms with E-state index in [2.05, 4.69) is 41.5 Å². The molecule has 0 bridgehead atoms. The molecule has 0 aromatic rings. The highest BCUT2D eigenvalue weighted by Gasteiger charge is 2.33. The third kappa shape index (κ3) is 2.66. The van der Waals surface area contributed by atoms with Gasteiger partial charge in [0.25, 0.3) is 0 Å². The van der Waals surface area contributed by atoms with Gasteiger partial charge in [0, 0.05) is 4.87 Å². The molecule has 0 amide bonds. The van der Waals surface area contributed by atoms with Crippen molar-refractivity contribution < 1.29 is 0 Å². The Morgan fingerprint density at radius 3 is 1.45 bits per heavy atom. The Hall–Kier alpha value is 0.290. The van der Waals surface area contributed by atoms with Gasteiger partial charge in [-0.05, 0) is 24.7 Å². The molecule has 0 aliphatic carbocycles. The van der Waals surface area contributed by atoms with Gasteiger partial charge >= 0.3 is 0 Å². The lowest BCUT2D eigenvalue weighted by Gasteiger charge is -2.35. The largest absolute Gasteiger partial charge is 0.119 e. The van der Waals surface area contributed by atoms with Crippen LogP contribution >= 0.6 is 11.6 Å². The van der Waals surface area contributed by atoms with Gasteiger partial charge in [0.05, 0.1) is 0 Å². The predicted molar refractivity (Wildman–Crippen MR) is 53.1 cm³/mol. The van der Waals surface area contributed by atoms with E-state index in [1.807, 2.05) is 0 Å². The molecule has 0 rings (SSSR count). The minimum Gasteiger partial charge on any atom is -0.119 e. The summed E-state index contributed by atoms with van der Waals surface area (Å²) in [7, 11) is 0. The van der Waals surface area contributed by atoms with Crippen LogP contribution in [0.3, 0.4) is 0 Å². The van der Waals surface area contributed by atoms with Crippen LogP contribution in [-0.4, -0.2) is 4.87 Å². The molecule has 0 spiro atoms. The molecule has 0 heterocycles. The van der Waals surface area contributed by atoms with Crippen molar-refractivity contribution in [1.82, 2.24) is 0 Å². The van der Waals surface area contributed by atoms with Crippen molar-refractivity contribution >= 4 is 11.6 Å². The third-order valence-electron chi connectivity index (χ3n) is 3.02. The first-order valence-electron chi connectivity index (χ1n) is 4.49. The number of hydrogen-bond acceptors (Lipinski definition) is 0. The van der Waals surface area contributed by atoms with Gasteiger partial charge in [0.1, 0.15) is 0 Å². The van der Waals surface area contributed by atoms with E-state index in [9.17, 15) is 0 Å². The van der Waals surface area contributed by atoms with Crippen molar-refractivity contribution in [1.29, 1.82) is 0 Å². The molecule has 0 radical (unpaired) electrons. The SMILES string of the molecule is CC(C)C(C)C(C)(Cl)C(C)C. The van der Waals surface area contributed by atoms with Crippen molar-refractivity contribution in [2.45, 2.75) is 46.4 Å². The van der Waals surface area contributed by atoms with Crippen LogP contribution in [0, 0.1) is 17.8 Å². The second-order valence-electron chi connectivity index (χ2n) is 4.34. The van der Waals surface area contributed by atoms with Crippen LogP contribution in [0.15, 0.2) is 0 Å². The van der Waals surface area contributed by atoms with Crippen LogP contribution in [0.5, 0.6) is 0 Å². The van der Waals surface area contributed by atoms with Gasteiger partial charge < -0.3 is 0 Å². The minimum atomic E-state index is -0.0475. The molecule has 0 N–H and O–H groups in total. The van der Waals surface area contributed by atoms with Gasteiger partial charge in [-0.15, -0.1) is 11.6 Å². The number of alkyl halides is 1. The summed E-state index contributed by atoms with van der Waals surface area (Å²) in [4.78, 5) is -0.0475. The highest BCUT2D eigenvalue weighted by Crippen LogP contribution is 2.36. The zero-order chi connectivity index (χ0) is 9.23. The van der Waals surface area contributed by atoms with Crippen LogP contribution in [-0.2, 0) is 0 Å². The molecule has 0 fully saturated rings. The van der Waals surface area contributed by atoms with Crippen molar-refractivity contribution in [2.75, 3.05) is 0 Å². The van der Waals surface area contributed by atoms with Crippen LogP contribution in [0.1, 0.15) is 41.5 Å². The van der Waals surface area contributed by atoms with Crippen molar-refractivity contribution in [3.05, 3.63) is 0 Å². The maximum atomic E-state index is 6.42. The first-order valence-corrected chi connectivity index (χ1v) is 4.86. The fourth-order valence-electron chi connectivity index (χ4n) is 1.18. The van der Waals surface area contributed by atoms with E-state index in [1.165, 1.54) is 0 Å². The molecule has 0 aliphatic rings. The topological polar surface area (TPSA) is 0 Å². The second-order valence-corrected chi connectivity index (χ2v) is 5.15. The average Bonchev–Trinajstić information content (AvgIpc) is 1.85. The summed E-state index contributed by atoms with van der Waals surface area (Å²) in [5.74, 6) is 1.78. The van der Waals surface area contributed by atoms with Gasteiger partial charge in [-0.25, -0.2) is 0 Å². The van der Waals surface area contributed by atoms with Crippen molar-refractivity contribution in [3.8, 4) is 0 Å². The van der Waals surface area contributed by atoms with Crippen LogP contribution < -0.4 is 0 Å². The Labute approximate surface area is 76.3 Å². The number of rotatable bonds is 3. The van der Waals surface area contributed by atoms with E-state index in [1.54, 1.807) is 0 Å². The molecule has 0 aliphatic heterocycles. The Kier molecular flexibility index (Phi) is 3.90. The summed E-state index contributed by atoms with van der Waals surface area (Å²) in [6.45, 7) is 13.2. The van der Waals surface area contributed by atoms with E-state index in [0.29, 0.717) is 17.8 Å². The van der Waals surface area contributed by atoms with Crippen LogP contribution in [0.4, 0.5) is 0 Å². The fourth-order valence-corrected chi connectivity index (χ4v) is 1.43. The maximum Gasteiger partial charge on any atom is 0.0469 e. The van der Waals surface area contributed by atoms with Gasteiger partial charge in [0.15, 0.2) is 0 Å². The monoisotopic (exact) mass is 176 g/mol. The van der Waals surface area contributed by atoms with Crippen molar-refractivity contribution in [3.63, 3.8) is 0 Å². The summed E-state index contributed by atoms with van der Waals surface area (Å²) in [5.41, 5.74) is 0. The molecule has 0 aromatic heterocycles. The molecule has 11 heavy (non-hydrogen) atoms. The predicted octanol–water partition coefficient (Wildman–Crippen LogP) is 3.93. The molecule has 0 aromatic carbocycles. The molecule has 0 saturated heterocycles. The Balaban J connectivity index is 4.29. The van der Waals surface area contributed by atoms with E-state index in [0.717, 1.165) is 0 Å². The smallest absolute Gasteiger partial charge is 0.0469 e. The number of halogens is 1. The first kappa shape index (κ1) is 11.3. The highest BCUT2D eigenvalue weighted by molar-refractivity contribution is 6.24. The molecule has 1 heteroatoms. The summed E-state index contributed by atoms with van der Waals surface area (Å²) in [5, 5.41) is 0. The first-order chi connectivity index (χ1) is 4.80. The van der Waals surface area contributed by atoms with Crippen molar-refractivity contribution in [2.24, 2.45) is 17.8 Å². The summed E-state index contributed by atoms with van der Waals surface area (Å²) in [6.07, 6.45) is 0. The third-order valence-corrected chi connectivity index (χ3v) is 3.80. The summed E-state index contributed by atoms with van der Waals surface area (Å²) < 4.78 is 0. The second kappa shape index (κ2) is 3.80. The van der Waals surface area contributed by atoms with E-state index < -0.39 is 0 Å².